The van der Waals surface area contributed by atoms with Crippen LogP contribution in [-0.2, 0) is 12.7 Å². The van der Waals surface area contributed by atoms with E-state index in [1.54, 1.807) is 18.5 Å². The first kappa shape index (κ1) is 20.7. The Morgan fingerprint density at radius 3 is 2.52 bits per heavy atom. The number of hydrogen-bond acceptors (Lipinski definition) is 7. The fraction of sp³-hybridized carbons (Fsp3) is 0.286. The number of halogens is 3. The van der Waals surface area contributed by atoms with Crippen molar-refractivity contribution in [2.24, 2.45) is 0 Å². The first-order chi connectivity index (χ1) is 15.8. The average molecular weight is 452 g/mol. The maximum Gasteiger partial charge on any atom is 0.433 e. The topological polar surface area (TPSA) is 126 Å². The van der Waals surface area contributed by atoms with Crippen molar-refractivity contribution in [3.8, 4) is 6.07 Å². The molecule has 0 amide bonds. The number of pyridine rings is 1. The highest BCUT2D eigenvalue weighted by Gasteiger charge is 2.37. The van der Waals surface area contributed by atoms with E-state index in [4.69, 9.17) is 0 Å². The van der Waals surface area contributed by atoms with Gasteiger partial charge in [0.25, 0.3) is 5.56 Å². The van der Waals surface area contributed by atoms with Gasteiger partial charge in [0.2, 0.25) is 0 Å². The predicted molar refractivity (Wildman–Crippen MR) is 108 cm³/mol. The van der Waals surface area contributed by atoms with Crippen LogP contribution in [0.25, 0.3) is 11.0 Å². The smallest absolute Gasteiger partial charge is 0.310 e. The molecule has 0 spiro atoms. The third-order valence-corrected chi connectivity index (χ3v) is 5.72. The van der Waals surface area contributed by atoms with Gasteiger partial charge in [0, 0.05) is 30.4 Å². The van der Waals surface area contributed by atoms with Gasteiger partial charge in [-0.15, -0.1) is 0 Å². The van der Waals surface area contributed by atoms with E-state index in [0.29, 0.717) is 17.2 Å². The van der Waals surface area contributed by atoms with Gasteiger partial charge in [-0.2, -0.15) is 23.5 Å². The lowest BCUT2D eigenvalue weighted by Gasteiger charge is -2.34. The Morgan fingerprint density at radius 2 is 1.91 bits per heavy atom. The zero-order valence-electron chi connectivity index (χ0n) is 16.9. The van der Waals surface area contributed by atoms with Crippen LogP contribution in [0.1, 0.15) is 53.3 Å². The van der Waals surface area contributed by atoms with Gasteiger partial charge in [0.15, 0.2) is 11.3 Å². The number of fused-ring (bicyclic) bond motifs is 1. The summed E-state index contributed by atoms with van der Waals surface area (Å²) < 4.78 is 39.7. The van der Waals surface area contributed by atoms with Crippen molar-refractivity contribution in [3.05, 3.63) is 75.7 Å². The summed E-state index contributed by atoms with van der Waals surface area (Å²) in [6, 6.07) is 5.75. The number of hydrogen-bond donors (Lipinski definition) is 1. The number of nitrogens with one attached hydrogen (secondary N) is 1. The summed E-state index contributed by atoms with van der Waals surface area (Å²) in [5, 5.41) is 13.6. The van der Waals surface area contributed by atoms with Crippen molar-refractivity contribution in [2.75, 3.05) is 0 Å². The van der Waals surface area contributed by atoms with Gasteiger partial charge in [-0.25, -0.2) is 19.6 Å². The minimum atomic E-state index is -4.55. The fourth-order valence-corrected chi connectivity index (χ4v) is 3.96. The molecule has 5 rings (SSSR count). The molecule has 0 radical (unpaired) electrons. The van der Waals surface area contributed by atoms with Crippen LogP contribution >= 0.6 is 0 Å². The number of aromatic nitrogens is 7. The van der Waals surface area contributed by atoms with E-state index in [-0.39, 0.29) is 35.1 Å². The lowest BCUT2D eigenvalue weighted by Crippen LogP contribution is -2.28. The Morgan fingerprint density at radius 1 is 1.15 bits per heavy atom. The zero-order chi connectivity index (χ0) is 23.2. The molecule has 1 saturated carbocycles. The molecule has 1 aliphatic carbocycles. The van der Waals surface area contributed by atoms with Gasteiger partial charge in [0.05, 0.1) is 6.54 Å². The van der Waals surface area contributed by atoms with Crippen molar-refractivity contribution >= 4 is 11.0 Å². The molecule has 4 aromatic heterocycles. The molecule has 0 aliphatic heterocycles. The lowest BCUT2D eigenvalue weighted by molar-refractivity contribution is -0.141. The van der Waals surface area contributed by atoms with Gasteiger partial charge in [-0.05, 0) is 30.5 Å². The Hall–Kier alpha value is -4.14. The molecule has 12 heteroatoms. The molecule has 4 heterocycles. The lowest BCUT2D eigenvalue weighted by atomic mass is 9.72. The molecule has 1 N–H and O–H groups in total. The standard InChI is InChI=1S/C21H15F3N8O/c22-21(23,24)15-5-2-11(9-28-15)10-32-19-16(14(8-25)31-32)20(33)30-18(29-19)13-4-3-12(13)17-26-6-1-7-27-17/h1-2,5-7,9,12-13H,3-4,10H2,(H,29,30,33). The second-order valence-corrected chi connectivity index (χ2v) is 7.71. The molecule has 2 unspecified atom stereocenters. The Labute approximate surface area is 184 Å². The molecule has 0 saturated heterocycles. The molecule has 166 valence electrons. The van der Waals surface area contributed by atoms with Crippen LogP contribution in [0.3, 0.4) is 0 Å². The second-order valence-electron chi connectivity index (χ2n) is 7.71. The van der Waals surface area contributed by atoms with Crippen LogP contribution in [0.4, 0.5) is 13.2 Å². The molecular weight excluding hydrogens is 437 g/mol. The van der Waals surface area contributed by atoms with E-state index in [9.17, 15) is 23.2 Å². The van der Waals surface area contributed by atoms with Crippen molar-refractivity contribution < 1.29 is 13.2 Å². The Kier molecular flexibility index (Phi) is 4.88. The first-order valence-electron chi connectivity index (χ1n) is 10.0. The maximum atomic E-state index is 12.8. The minimum Gasteiger partial charge on any atom is -0.310 e. The summed E-state index contributed by atoms with van der Waals surface area (Å²) in [5.74, 6) is 0.995. The van der Waals surface area contributed by atoms with Gasteiger partial charge >= 0.3 is 6.18 Å². The second kappa shape index (κ2) is 7.77. The maximum absolute atomic E-state index is 12.8. The highest BCUT2D eigenvalue weighted by atomic mass is 19.4. The molecule has 2 atom stereocenters. The number of aromatic amines is 1. The van der Waals surface area contributed by atoms with Crippen molar-refractivity contribution in [1.29, 1.82) is 5.26 Å². The van der Waals surface area contributed by atoms with Crippen molar-refractivity contribution in [2.45, 2.75) is 37.4 Å². The Bertz CT molecular complexity index is 1420. The number of nitriles is 1. The van der Waals surface area contributed by atoms with Crippen LogP contribution in [0.15, 0.2) is 41.6 Å². The highest BCUT2D eigenvalue weighted by Crippen LogP contribution is 2.46. The third kappa shape index (κ3) is 3.71. The van der Waals surface area contributed by atoms with Gasteiger partial charge in [0.1, 0.15) is 28.8 Å². The zero-order valence-corrected chi connectivity index (χ0v) is 16.9. The van der Waals surface area contributed by atoms with Crippen LogP contribution in [0.2, 0.25) is 0 Å². The van der Waals surface area contributed by atoms with Crippen LogP contribution in [-0.4, -0.2) is 34.7 Å². The highest BCUT2D eigenvalue weighted by molar-refractivity contribution is 5.80. The van der Waals surface area contributed by atoms with Crippen molar-refractivity contribution in [1.82, 2.24) is 34.7 Å². The summed E-state index contributed by atoms with van der Waals surface area (Å²) in [6.45, 7) is -0.00486. The number of H-pyrrole nitrogens is 1. The molecule has 33 heavy (non-hydrogen) atoms. The normalized spacial score (nSPS) is 18.1. The van der Waals surface area contributed by atoms with E-state index >= 15 is 0 Å². The molecule has 9 nitrogen and oxygen atoms in total. The summed E-state index contributed by atoms with van der Waals surface area (Å²) >= 11 is 0. The fourth-order valence-electron chi connectivity index (χ4n) is 3.96. The molecule has 1 fully saturated rings. The van der Waals surface area contributed by atoms with Gasteiger partial charge in [-0.1, -0.05) is 6.07 Å². The minimum absolute atomic E-state index is 0.00211. The summed E-state index contributed by atoms with van der Waals surface area (Å²) in [5.41, 5.74) is -1.01. The van der Waals surface area contributed by atoms with Gasteiger partial charge < -0.3 is 4.98 Å². The number of alkyl halides is 3. The van der Waals surface area contributed by atoms with E-state index in [1.807, 2.05) is 6.07 Å². The summed E-state index contributed by atoms with van der Waals surface area (Å²) in [6.07, 6.45) is 1.48. The van der Waals surface area contributed by atoms with Crippen molar-refractivity contribution in [3.63, 3.8) is 0 Å². The molecule has 0 bridgehead atoms. The van der Waals surface area contributed by atoms with E-state index in [2.05, 4.69) is 30.0 Å². The summed E-state index contributed by atoms with van der Waals surface area (Å²) in [4.78, 5) is 32.2. The van der Waals surface area contributed by atoms with Gasteiger partial charge in [-0.3, -0.25) is 9.78 Å². The monoisotopic (exact) mass is 452 g/mol. The summed E-state index contributed by atoms with van der Waals surface area (Å²) in [7, 11) is 0. The van der Waals surface area contributed by atoms with Crippen LogP contribution < -0.4 is 5.56 Å². The van der Waals surface area contributed by atoms with E-state index in [0.717, 1.165) is 25.1 Å². The Balaban J connectivity index is 1.53. The van der Waals surface area contributed by atoms with Crippen LogP contribution in [0, 0.1) is 11.3 Å². The van der Waals surface area contributed by atoms with E-state index in [1.165, 1.54) is 10.7 Å². The quantitative estimate of drug-likeness (QED) is 0.505. The average Bonchev–Trinajstić information content (AvgIpc) is 3.11. The first-order valence-corrected chi connectivity index (χ1v) is 10.0. The largest absolute Gasteiger partial charge is 0.433 e. The third-order valence-electron chi connectivity index (χ3n) is 5.72. The number of nitrogens with zero attached hydrogens (tertiary/aromatic N) is 7. The molecule has 0 aromatic carbocycles. The molecule has 1 aliphatic rings. The van der Waals surface area contributed by atoms with Crippen LogP contribution in [0.5, 0.6) is 0 Å². The molecular formula is C21H15F3N8O. The predicted octanol–water partition coefficient (Wildman–Crippen LogP) is 2.90. The SMILES string of the molecule is N#Cc1nn(Cc2ccc(C(F)(F)F)nc2)c2nc(C3CCC3c3ncccn3)[nH]c(=O)c12. The molecule has 4 aromatic rings. The van der Waals surface area contributed by atoms with E-state index < -0.39 is 17.4 Å². The number of rotatable bonds is 4.